The van der Waals surface area contributed by atoms with Crippen molar-refractivity contribution in [3.05, 3.63) is 35.4 Å². The lowest BCUT2D eigenvalue weighted by Gasteiger charge is -2.28. The van der Waals surface area contributed by atoms with E-state index in [0.29, 0.717) is 0 Å². The van der Waals surface area contributed by atoms with Crippen LogP contribution >= 0.6 is 11.8 Å². The number of carbonyl (C=O) groups excluding carboxylic acids is 1. The molecule has 0 radical (unpaired) electrons. The number of hydrogen-bond donors (Lipinski definition) is 1. The predicted molar refractivity (Wildman–Crippen MR) is 81.4 cm³/mol. The van der Waals surface area contributed by atoms with Crippen LogP contribution in [0.5, 0.6) is 0 Å². The Hall–Kier alpha value is -1.00. The van der Waals surface area contributed by atoms with Crippen LogP contribution in [0.4, 0.5) is 0 Å². The Bertz CT molecular complexity index is 436. The Balaban J connectivity index is 1.75. The predicted octanol–water partition coefficient (Wildman–Crippen LogP) is 1.91. The molecule has 3 nitrogen and oxygen atoms in total. The van der Waals surface area contributed by atoms with Crippen LogP contribution in [0.3, 0.4) is 0 Å². The molecule has 0 spiro atoms. The molecule has 1 aromatic carbocycles. The molecule has 1 atom stereocenters. The van der Waals surface area contributed by atoms with Gasteiger partial charge < -0.3 is 5.32 Å². The largest absolute Gasteiger partial charge is 0.354 e. The van der Waals surface area contributed by atoms with Crippen molar-refractivity contribution in [1.82, 2.24) is 10.2 Å². The van der Waals surface area contributed by atoms with Gasteiger partial charge in [-0.05, 0) is 30.7 Å². The monoisotopic (exact) mass is 278 g/mol. The fraction of sp³-hybridized carbons (Fsp3) is 0.533. The van der Waals surface area contributed by atoms with E-state index in [1.807, 2.05) is 13.2 Å². The second-order valence-corrected chi connectivity index (χ2v) is 6.14. The van der Waals surface area contributed by atoms with Crippen molar-refractivity contribution < 1.29 is 4.79 Å². The summed E-state index contributed by atoms with van der Waals surface area (Å²) in [6.45, 7) is 5.71. The molecule has 1 amide bonds. The van der Waals surface area contributed by atoms with E-state index in [-0.39, 0.29) is 11.2 Å². The van der Waals surface area contributed by atoms with Crippen LogP contribution in [0.25, 0.3) is 0 Å². The number of amides is 1. The van der Waals surface area contributed by atoms with Crippen molar-refractivity contribution in [3.63, 3.8) is 0 Å². The molecule has 104 valence electrons. The van der Waals surface area contributed by atoms with Gasteiger partial charge in [0.15, 0.2) is 0 Å². The van der Waals surface area contributed by atoms with Gasteiger partial charge in [0.1, 0.15) is 0 Å². The molecule has 4 heteroatoms. The number of benzene rings is 1. The van der Waals surface area contributed by atoms with Gasteiger partial charge in [-0.25, -0.2) is 0 Å². The third-order valence-electron chi connectivity index (χ3n) is 3.66. The quantitative estimate of drug-likeness (QED) is 0.893. The van der Waals surface area contributed by atoms with Crippen molar-refractivity contribution in [1.29, 1.82) is 0 Å². The minimum atomic E-state index is 0.0436. The standard InChI is InChI=1S/C15H22N2OS/c1-12(19-2)15(18)16-8-10-17-9-7-13-5-3-4-6-14(13)11-17/h3-6,12H,7-11H2,1-2H3,(H,16,18)/t12-/m0/s1. The SMILES string of the molecule is CS[C@@H](C)C(=O)NCCN1CCc2ccccc2C1. The molecule has 0 saturated heterocycles. The molecule has 1 aromatic rings. The minimum absolute atomic E-state index is 0.0436. The average Bonchev–Trinajstić information content (AvgIpc) is 2.46. The zero-order valence-corrected chi connectivity index (χ0v) is 12.5. The first kappa shape index (κ1) is 14.4. The van der Waals surface area contributed by atoms with Crippen LogP contribution in [0.2, 0.25) is 0 Å². The van der Waals surface area contributed by atoms with E-state index in [4.69, 9.17) is 0 Å². The van der Waals surface area contributed by atoms with E-state index in [0.717, 1.165) is 32.6 Å². The summed E-state index contributed by atoms with van der Waals surface area (Å²) < 4.78 is 0. The Morgan fingerprint density at radius 1 is 1.42 bits per heavy atom. The molecule has 0 aromatic heterocycles. The summed E-state index contributed by atoms with van der Waals surface area (Å²) in [6, 6.07) is 8.63. The number of rotatable bonds is 5. The minimum Gasteiger partial charge on any atom is -0.354 e. The molecule has 2 rings (SSSR count). The van der Waals surface area contributed by atoms with Crippen LogP contribution in [0.1, 0.15) is 18.1 Å². The first-order chi connectivity index (χ1) is 9.20. The number of nitrogens with one attached hydrogen (secondary N) is 1. The summed E-state index contributed by atoms with van der Waals surface area (Å²) in [6.07, 6.45) is 3.08. The lowest BCUT2D eigenvalue weighted by molar-refractivity contribution is -0.120. The van der Waals surface area contributed by atoms with Crippen LogP contribution < -0.4 is 5.32 Å². The summed E-state index contributed by atoms with van der Waals surface area (Å²) >= 11 is 1.58. The van der Waals surface area contributed by atoms with E-state index in [1.54, 1.807) is 11.8 Å². The first-order valence-corrected chi connectivity index (χ1v) is 8.09. The van der Waals surface area contributed by atoms with Gasteiger partial charge in [0, 0.05) is 26.2 Å². The first-order valence-electron chi connectivity index (χ1n) is 6.80. The maximum atomic E-state index is 11.7. The molecule has 19 heavy (non-hydrogen) atoms. The fourth-order valence-electron chi connectivity index (χ4n) is 2.33. The molecular formula is C15H22N2OS. The molecule has 1 heterocycles. The van der Waals surface area contributed by atoms with Gasteiger partial charge in [-0.2, -0.15) is 11.8 Å². The Morgan fingerprint density at radius 2 is 2.16 bits per heavy atom. The molecule has 1 aliphatic rings. The van der Waals surface area contributed by atoms with Crippen LogP contribution in [-0.2, 0) is 17.8 Å². The lowest BCUT2D eigenvalue weighted by atomic mass is 10.00. The average molecular weight is 278 g/mol. The zero-order chi connectivity index (χ0) is 13.7. The molecule has 0 fully saturated rings. The summed E-state index contributed by atoms with van der Waals surface area (Å²) in [5.41, 5.74) is 2.90. The summed E-state index contributed by atoms with van der Waals surface area (Å²) in [5, 5.41) is 3.05. The van der Waals surface area contributed by atoms with Gasteiger partial charge in [0.2, 0.25) is 5.91 Å². The number of fused-ring (bicyclic) bond motifs is 1. The molecule has 0 unspecified atom stereocenters. The highest BCUT2D eigenvalue weighted by atomic mass is 32.2. The molecule has 1 aliphatic heterocycles. The van der Waals surface area contributed by atoms with E-state index >= 15 is 0 Å². The van der Waals surface area contributed by atoms with Crippen LogP contribution in [-0.4, -0.2) is 41.9 Å². The highest BCUT2D eigenvalue weighted by Crippen LogP contribution is 2.17. The summed E-state index contributed by atoms with van der Waals surface area (Å²) in [4.78, 5) is 14.1. The highest BCUT2D eigenvalue weighted by molar-refractivity contribution is 7.99. The maximum absolute atomic E-state index is 11.7. The number of hydrogen-bond acceptors (Lipinski definition) is 3. The molecule has 0 bridgehead atoms. The summed E-state index contributed by atoms with van der Waals surface area (Å²) in [7, 11) is 0. The Labute approximate surface area is 119 Å². The Morgan fingerprint density at radius 3 is 2.89 bits per heavy atom. The van der Waals surface area contributed by atoms with Crippen LogP contribution in [0.15, 0.2) is 24.3 Å². The lowest BCUT2D eigenvalue weighted by Crippen LogP contribution is -2.39. The smallest absolute Gasteiger partial charge is 0.232 e. The second kappa shape index (κ2) is 6.96. The zero-order valence-electron chi connectivity index (χ0n) is 11.7. The second-order valence-electron chi connectivity index (χ2n) is 4.96. The molecular weight excluding hydrogens is 256 g/mol. The van der Waals surface area contributed by atoms with Crippen molar-refractivity contribution in [2.75, 3.05) is 25.9 Å². The normalized spacial score (nSPS) is 16.7. The van der Waals surface area contributed by atoms with Gasteiger partial charge in [-0.3, -0.25) is 9.69 Å². The maximum Gasteiger partial charge on any atom is 0.232 e. The number of thioether (sulfide) groups is 1. The highest BCUT2D eigenvalue weighted by Gasteiger charge is 2.16. The molecule has 1 N–H and O–H groups in total. The van der Waals surface area contributed by atoms with Gasteiger partial charge in [-0.1, -0.05) is 24.3 Å². The molecule has 0 aliphatic carbocycles. The third kappa shape index (κ3) is 3.98. The van der Waals surface area contributed by atoms with Gasteiger partial charge in [0.25, 0.3) is 0 Å². The summed E-state index contributed by atoms with van der Waals surface area (Å²) in [5.74, 6) is 0.143. The fourth-order valence-corrected chi connectivity index (χ4v) is 2.63. The van der Waals surface area contributed by atoms with Gasteiger partial charge in [-0.15, -0.1) is 0 Å². The topological polar surface area (TPSA) is 32.3 Å². The molecule has 0 saturated carbocycles. The van der Waals surface area contributed by atoms with Crippen molar-refractivity contribution in [2.45, 2.75) is 25.1 Å². The van der Waals surface area contributed by atoms with Gasteiger partial charge >= 0.3 is 0 Å². The number of carbonyl (C=O) groups is 1. The van der Waals surface area contributed by atoms with Gasteiger partial charge in [0.05, 0.1) is 5.25 Å². The van der Waals surface area contributed by atoms with Crippen molar-refractivity contribution >= 4 is 17.7 Å². The van der Waals surface area contributed by atoms with E-state index in [9.17, 15) is 4.79 Å². The van der Waals surface area contributed by atoms with Crippen molar-refractivity contribution in [3.8, 4) is 0 Å². The van der Waals surface area contributed by atoms with E-state index in [1.165, 1.54) is 11.1 Å². The Kier molecular flexibility index (Phi) is 5.28. The van der Waals surface area contributed by atoms with E-state index < -0.39 is 0 Å². The van der Waals surface area contributed by atoms with Crippen molar-refractivity contribution in [2.24, 2.45) is 0 Å². The van der Waals surface area contributed by atoms with Crippen LogP contribution in [0, 0.1) is 0 Å². The third-order valence-corrected chi connectivity index (χ3v) is 4.58. The van der Waals surface area contributed by atoms with E-state index in [2.05, 4.69) is 34.5 Å². The number of nitrogens with zero attached hydrogens (tertiary/aromatic N) is 1.